The van der Waals surface area contributed by atoms with E-state index in [1.165, 1.54) is 28.2 Å². The minimum atomic E-state index is -0.582. The van der Waals surface area contributed by atoms with Gasteiger partial charge in [0.15, 0.2) is 5.82 Å². The number of amides is 2. The van der Waals surface area contributed by atoms with Crippen molar-refractivity contribution in [1.29, 1.82) is 0 Å². The van der Waals surface area contributed by atoms with Crippen LogP contribution in [-0.4, -0.2) is 39.2 Å². The van der Waals surface area contributed by atoms with Crippen LogP contribution in [0.1, 0.15) is 24.5 Å². The predicted molar refractivity (Wildman–Crippen MR) is 100 cm³/mol. The fraction of sp³-hybridized carbons (Fsp3) is 0.222. The maximum atomic E-state index is 13.6. The number of hydrogen-bond acceptors (Lipinski definition) is 5. The van der Waals surface area contributed by atoms with Crippen LogP contribution in [0.2, 0.25) is 0 Å². The second-order valence-corrected chi connectivity index (χ2v) is 6.98. The molecule has 9 heteroatoms. The summed E-state index contributed by atoms with van der Waals surface area (Å²) in [5, 5.41) is 11.3. The third kappa shape index (κ3) is 4.56. The summed E-state index contributed by atoms with van der Waals surface area (Å²) >= 11 is 1.43. The monoisotopic (exact) mass is 387 g/mol. The number of aromatic nitrogens is 3. The molecule has 1 aromatic carbocycles. The van der Waals surface area contributed by atoms with Gasteiger partial charge in [0.2, 0.25) is 11.7 Å². The van der Waals surface area contributed by atoms with Gasteiger partial charge in [-0.05, 0) is 43.5 Å². The van der Waals surface area contributed by atoms with Crippen molar-refractivity contribution in [2.75, 3.05) is 6.54 Å². The highest BCUT2D eigenvalue weighted by molar-refractivity contribution is 7.13. The molecule has 0 atom stereocenters. The lowest BCUT2D eigenvalue weighted by Crippen LogP contribution is -2.40. The van der Waals surface area contributed by atoms with Crippen LogP contribution in [0.3, 0.4) is 0 Å². The predicted octanol–water partition coefficient (Wildman–Crippen LogP) is 2.39. The quantitative estimate of drug-likeness (QED) is 0.680. The van der Waals surface area contributed by atoms with Crippen LogP contribution in [-0.2, 0) is 4.79 Å². The molecule has 0 saturated carbocycles. The average Bonchev–Trinajstić information content (AvgIpc) is 3.28. The Bertz CT molecular complexity index is 953. The van der Waals surface area contributed by atoms with E-state index >= 15 is 0 Å². The number of nitrogens with zero attached hydrogens (tertiary/aromatic N) is 3. The zero-order valence-corrected chi connectivity index (χ0v) is 15.6. The largest absolute Gasteiger partial charge is 0.352 e. The summed E-state index contributed by atoms with van der Waals surface area (Å²) in [6.07, 6.45) is 0. The first kappa shape index (κ1) is 18.7. The molecule has 0 radical (unpaired) electrons. The van der Waals surface area contributed by atoms with E-state index in [1.807, 2.05) is 31.4 Å². The van der Waals surface area contributed by atoms with Crippen LogP contribution in [0.15, 0.2) is 41.8 Å². The fourth-order valence-electron chi connectivity index (χ4n) is 2.37. The van der Waals surface area contributed by atoms with Crippen molar-refractivity contribution in [3.8, 4) is 16.4 Å². The zero-order valence-electron chi connectivity index (χ0n) is 14.8. The molecule has 0 saturated heterocycles. The lowest BCUT2D eigenvalue weighted by atomic mass is 10.3. The Morgan fingerprint density at radius 1 is 1.26 bits per heavy atom. The van der Waals surface area contributed by atoms with Gasteiger partial charge in [0.1, 0.15) is 5.82 Å². The second-order valence-electron chi connectivity index (χ2n) is 6.03. The van der Waals surface area contributed by atoms with Crippen molar-refractivity contribution in [2.45, 2.75) is 19.9 Å². The molecule has 0 fully saturated rings. The molecular weight excluding hydrogens is 369 g/mol. The van der Waals surface area contributed by atoms with Crippen molar-refractivity contribution in [1.82, 2.24) is 25.4 Å². The molecule has 0 unspecified atom stereocenters. The van der Waals surface area contributed by atoms with E-state index < -0.39 is 11.7 Å². The maximum absolute atomic E-state index is 13.6. The van der Waals surface area contributed by atoms with E-state index in [0.29, 0.717) is 11.5 Å². The van der Waals surface area contributed by atoms with Crippen LogP contribution in [0.25, 0.3) is 16.4 Å². The van der Waals surface area contributed by atoms with Crippen LogP contribution in [0.5, 0.6) is 0 Å². The summed E-state index contributed by atoms with van der Waals surface area (Å²) in [5.74, 6) is -0.980. The van der Waals surface area contributed by atoms with Gasteiger partial charge in [-0.15, -0.1) is 16.4 Å². The Morgan fingerprint density at radius 2 is 2.07 bits per heavy atom. The fourth-order valence-corrected chi connectivity index (χ4v) is 3.07. The molecular formula is C18H18FN5O2S. The van der Waals surface area contributed by atoms with Crippen molar-refractivity contribution in [3.63, 3.8) is 0 Å². The minimum Gasteiger partial charge on any atom is -0.352 e. The molecule has 7 nitrogen and oxygen atoms in total. The first-order valence-electron chi connectivity index (χ1n) is 8.28. The summed E-state index contributed by atoms with van der Waals surface area (Å²) in [4.78, 5) is 29.1. The SMILES string of the molecule is CC(C)NC(=O)CNC(=O)c1nc(-c2cccs2)n(-c2cccc(F)c2)n1. The van der Waals surface area contributed by atoms with E-state index in [-0.39, 0.29) is 24.3 Å². The molecule has 2 aromatic heterocycles. The summed E-state index contributed by atoms with van der Waals surface area (Å²) in [5.41, 5.74) is 0.447. The van der Waals surface area contributed by atoms with Gasteiger partial charge in [0, 0.05) is 6.04 Å². The highest BCUT2D eigenvalue weighted by Crippen LogP contribution is 2.25. The van der Waals surface area contributed by atoms with Crippen LogP contribution < -0.4 is 10.6 Å². The van der Waals surface area contributed by atoms with Gasteiger partial charge in [0.25, 0.3) is 5.91 Å². The first-order chi connectivity index (χ1) is 12.9. The Hall–Kier alpha value is -3.07. The first-order valence-corrected chi connectivity index (χ1v) is 9.16. The number of hydrogen-bond donors (Lipinski definition) is 2. The number of halogens is 1. The smallest absolute Gasteiger partial charge is 0.291 e. The summed E-state index contributed by atoms with van der Waals surface area (Å²) in [6, 6.07) is 9.52. The molecule has 0 aliphatic rings. The van der Waals surface area contributed by atoms with E-state index in [9.17, 15) is 14.0 Å². The molecule has 0 aliphatic heterocycles. The van der Waals surface area contributed by atoms with E-state index in [2.05, 4.69) is 20.7 Å². The standard InChI is InChI=1S/C18H18FN5O2S/c1-11(2)21-15(25)10-20-18(26)16-22-17(14-7-4-8-27-14)24(23-16)13-6-3-5-12(19)9-13/h3-9,11H,10H2,1-2H3,(H,20,26)(H,21,25). The molecule has 2 N–H and O–H groups in total. The van der Waals surface area contributed by atoms with Crippen LogP contribution in [0.4, 0.5) is 4.39 Å². The third-order valence-corrected chi connectivity index (χ3v) is 4.33. The van der Waals surface area contributed by atoms with Crippen molar-refractivity contribution < 1.29 is 14.0 Å². The van der Waals surface area contributed by atoms with Crippen LogP contribution >= 0.6 is 11.3 Å². The number of carbonyl (C=O) groups excluding carboxylic acids is 2. The Balaban J connectivity index is 1.88. The zero-order chi connectivity index (χ0) is 19.4. The highest BCUT2D eigenvalue weighted by atomic mass is 32.1. The van der Waals surface area contributed by atoms with Gasteiger partial charge >= 0.3 is 0 Å². The van der Waals surface area contributed by atoms with Crippen molar-refractivity contribution >= 4 is 23.2 Å². The lowest BCUT2D eigenvalue weighted by molar-refractivity contribution is -0.120. The Kier molecular flexibility index (Phi) is 5.60. The molecule has 2 heterocycles. The van der Waals surface area contributed by atoms with Gasteiger partial charge in [-0.25, -0.2) is 14.1 Å². The number of nitrogens with one attached hydrogen (secondary N) is 2. The van der Waals surface area contributed by atoms with E-state index in [4.69, 9.17) is 0 Å². The summed E-state index contributed by atoms with van der Waals surface area (Å²) in [7, 11) is 0. The van der Waals surface area contributed by atoms with Crippen LogP contribution in [0, 0.1) is 5.82 Å². The number of rotatable bonds is 6. The normalized spacial score (nSPS) is 10.8. The van der Waals surface area contributed by atoms with Gasteiger partial charge in [-0.1, -0.05) is 12.1 Å². The topological polar surface area (TPSA) is 88.9 Å². The average molecular weight is 387 g/mol. The van der Waals surface area contributed by atoms with Crippen molar-refractivity contribution in [3.05, 3.63) is 53.4 Å². The second kappa shape index (κ2) is 8.09. The Morgan fingerprint density at radius 3 is 2.74 bits per heavy atom. The summed E-state index contributed by atoms with van der Waals surface area (Å²) < 4.78 is 15.0. The molecule has 0 bridgehead atoms. The molecule has 27 heavy (non-hydrogen) atoms. The van der Waals surface area contributed by atoms with Crippen molar-refractivity contribution in [2.24, 2.45) is 0 Å². The number of thiophene rings is 1. The molecule has 2 amide bonds. The highest BCUT2D eigenvalue weighted by Gasteiger charge is 2.20. The van der Waals surface area contributed by atoms with E-state index in [1.54, 1.807) is 12.1 Å². The Labute approximate surface area is 159 Å². The maximum Gasteiger partial charge on any atom is 0.291 e. The third-order valence-electron chi connectivity index (χ3n) is 3.46. The van der Waals surface area contributed by atoms with E-state index in [0.717, 1.165) is 4.88 Å². The minimum absolute atomic E-state index is 0.0230. The molecule has 140 valence electrons. The lowest BCUT2D eigenvalue weighted by Gasteiger charge is -2.08. The van der Waals surface area contributed by atoms with Gasteiger partial charge in [0.05, 0.1) is 17.1 Å². The van der Waals surface area contributed by atoms with Gasteiger partial charge in [-0.3, -0.25) is 9.59 Å². The number of benzene rings is 1. The molecule has 0 spiro atoms. The van der Waals surface area contributed by atoms with Gasteiger partial charge in [-0.2, -0.15) is 0 Å². The number of carbonyl (C=O) groups is 2. The summed E-state index contributed by atoms with van der Waals surface area (Å²) in [6.45, 7) is 3.48. The molecule has 3 rings (SSSR count). The molecule has 3 aromatic rings. The molecule has 0 aliphatic carbocycles. The van der Waals surface area contributed by atoms with Gasteiger partial charge < -0.3 is 10.6 Å².